The third-order valence-corrected chi connectivity index (χ3v) is 4.21. The standard InChI is InChI=1S/C14H17F3N2O/c15-14(16,17)9-4-5-13(18-8-9)19-11-2-1-3-12-10(11)6-7-20-12/h4-5,8,10-12H,1-3,6-7H2,(H,18,19). The monoisotopic (exact) mass is 286 g/mol. The molecule has 1 aliphatic carbocycles. The molecule has 20 heavy (non-hydrogen) atoms. The molecule has 1 N–H and O–H groups in total. The summed E-state index contributed by atoms with van der Waals surface area (Å²) in [4.78, 5) is 3.88. The van der Waals surface area contributed by atoms with Crippen LogP contribution in [0.4, 0.5) is 19.0 Å². The van der Waals surface area contributed by atoms with Crippen LogP contribution in [0, 0.1) is 5.92 Å². The van der Waals surface area contributed by atoms with E-state index in [0.29, 0.717) is 17.8 Å². The Balaban J connectivity index is 1.68. The van der Waals surface area contributed by atoms with Crippen LogP contribution in [-0.2, 0) is 10.9 Å². The van der Waals surface area contributed by atoms with Crippen LogP contribution in [0.1, 0.15) is 31.2 Å². The Morgan fingerprint density at radius 3 is 2.75 bits per heavy atom. The Kier molecular flexibility index (Phi) is 3.58. The maximum Gasteiger partial charge on any atom is 0.417 e. The Morgan fingerprint density at radius 2 is 2.05 bits per heavy atom. The Labute approximate surface area is 115 Å². The summed E-state index contributed by atoms with van der Waals surface area (Å²) in [6.45, 7) is 0.786. The van der Waals surface area contributed by atoms with Gasteiger partial charge in [-0.1, -0.05) is 0 Å². The van der Waals surface area contributed by atoms with Crippen molar-refractivity contribution in [1.29, 1.82) is 0 Å². The molecule has 110 valence electrons. The summed E-state index contributed by atoms with van der Waals surface area (Å²) in [7, 11) is 0. The summed E-state index contributed by atoms with van der Waals surface area (Å²) in [5.74, 6) is 0.961. The smallest absolute Gasteiger partial charge is 0.378 e. The Hall–Kier alpha value is -1.30. The Bertz CT molecular complexity index is 460. The van der Waals surface area contributed by atoms with Gasteiger partial charge in [-0.15, -0.1) is 0 Å². The maximum atomic E-state index is 12.5. The zero-order valence-electron chi connectivity index (χ0n) is 11.0. The Morgan fingerprint density at radius 1 is 1.20 bits per heavy atom. The van der Waals surface area contributed by atoms with Gasteiger partial charge in [0.2, 0.25) is 0 Å². The molecule has 1 aliphatic heterocycles. The van der Waals surface area contributed by atoms with E-state index in [0.717, 1.165) is 44.6 Å². The van der Waals surface area contributed by atoms with Gasteiger partial charge in [-0.05, 0) is 37.8 Å². The third-order valence-electron chi connectivity index (χ3n) is 4.21. The zero-order chi connectivity index (χ0) is 14.2. The molecule has 1 saturated heterocycles. The molecule has 3 atom stereocenters. The number of alkyl halides is 3. The van der Waals surface area contributed by atoms with Crippen molar-refractivity contribution in [2.75, 3.05) is 11.9 Å². The SMILES string of the molecule is FC(F)(F)c1ccc(NC2CCCC3OCCC23)nc1. The van der Waals surface area contributed by atoms with E-state index < -0.39 is 11.7 Å². The lowest BCUT2D eigenvalue weighted by molar-refractivity contribution is -0.137. The highest BCUT2D eigenvalue weighted by Crippen LogP contribution is 2.36. The van der Waals surface area contributed by atoms with E-state index in [4.69, 9.17) is 4.74 Å². The van der Waals surface area contributed by atoms with Crippen LogP contribution in [0.15, 0.2) is 18.3 Å². The van der Waals surface area contributed by atoms with Crippen LogP contribution < -0.4 is 5.32 Å². The summed E-state index contributed by atoms with van der Waals surface area (Å²) in [5, 5.41) is 3.27. The fraction of sp³-hybridized carbons (Fsp3) is 0.643. The first kappa shape index (κ1) is 13.7. The first-order chi connectivity index (χ1) is 9.54. The highest BCUT2D eigenvalue weighted by Gasteiger charge is 2.37. The van der Waals surface area contributed by atoms with E-state index in [1.54, 1.807) is 0 Å². The van der Waals surface area contributed by atoms with Crippen molar-refractivity contribution in [3.05, 3.63) is 23.9 Å². The van der Waals surface area contributed by atoms with E-state index in [1.165, 1.54) is 6.07 Å². The third kappa shape index (κ3) is 2.75. The van der Waals surface area contributed by atoms with Crippen molar-refractivity contribution in [2.24, 2.45) is 5.92 Å². The summed E-state index contributed by atoms with van der Waals surface area (Å²) < 4.78 is 43.1. The lowest BCUT2D eigenvalue weighted by Gasteiger charge is -2.33. The van der Waals surface area contributed by atoms with Gasteiger partial charge >= 0.3 is 6.18 Å². The molecule has 0 amide bonds. The highest BCUT2D eigenvalue weighted by atomic mass is 19.4. The molecule has 6 heteroatoms. The molecule has 1 saturated carbocycles. The molecular weight excluding hydrogens is 269 g/mol. The van der Waals surface area contributed by atoms with Gasteiger partial charge in [0, 0.05) is 24.8 Å². The van der Waals surface area contributed by atoms with Crippen molar-refractivity contribution < 1.29 is 17.9 Å². The highest BCUT2D eigenvalue weighted by molar-refractivity contribution is 5.37. The van der Waals surface area contributed by atoms with Gasteiger partial charge in [0.05, 0.1) is 11.7 Å². The maximum absolute atomic E-state index is 12.5. The normalized spacial score (nSPS) is 30.1. The number of pyridine rings is 1. The number of nitrogens with one attached hydrogen (secondary N) is 1. The summed E-state index contributed by atoms with van der Waals surface area (Å²) in [6, 6.07) is 2.73. The van der Waals surface area contributed by atoms with Gasteiger partial charge in [-0.25, -0.2) is 4.98 Å². The molecule has 0 bridgehead atoms. The van der Waals surface area contributed by atoms with Gasteiger partial charge < -0.3 is 10.1 Å². The number of aromatic nitrogens is 1. The quantitative estimate of drug-likeness (QED) is 0.904. The van der Waals surface area contributed by atoms with Crippen molar-refractivity contribution in [3.8, 4) is 0 Å². The number of anilines is 1. The lowest BCUT2D eigenvalue weighted by Crippen LogP contribution is -2.38. The van der Waals surface area contributed by atoms with Crippen LogP contribution in [-0.4, -0.2) is 23.7 Å². The molecule has 1 aromatic heterocycles. The summed E-state index contributed by atoms with van der Waals surface area (Å²) >= 11 is 0. The second-order valence-electron chi connectivity index (χ2n) is 5.47. The van der Waals surface area contributed by atoms with Crippen LogP contribution in [0.3, 0.4) is 0 Å². The molecule has 2 fully saturated rings. The first-order valence-corrected chi connectivity index (χ1v) is 6.95. The summed E-state index contributed by atoms with van der Waals surface area (Å²) in [6.07, 6.45) is 1.06. The van der Waals surface area contributed by atoms with Crippen LogP contribution in [0.25, 0.3) is 0 Å². The molecule has 1 aromatic rings. The van der Waals surface area contributed by atoms with E-state index in [-0.39, 0.29) is 6.04 Å². The predicted octanol–water partition coefficient (Wildman–Crippen LogP) is 3.47. The minimum atomic E-state index is -4.33. The van der Waals surface area contributed by atoms with E-state index in [2.05, 4.69) is 10.3 Å². The van der Waals surface area contributed by atoms with Crippen LogP contribution in [0.2, 0.25) is 0 Å². The van der Waals surface area contributed by atoms with Gasteiger partial charge in [0.15, 0.2) is 0 Å². The van der Waals surface area contributed by atoms with Crippen LogP contribution in [0.5, 0.6) is 0 Å². The minimum Gasteiger partial charge on any atom is -0.378 e. The van der Waals surface area contributed by atoms with E-state index in [9.17, 15) is 13.2 Å². The molecular formula is C14H17F3N2O. The van der Waals surface area contributed by atoms with E-state index >= 15 is 0 Å². The molecule has 2 aliphatic rings. The number of hydrogen-bond donors (Lipinski definition) is 1. The lowest BCUT2D eigenvalue weighted by atomic mass is 9.82. The molecule has 3 nitrogen and oxygen atoms in total. The topological polar surface area (TPSA) is 34.1 Å². The fourth-order valence-corrected chi connectivity index (χ4v) is 3.19. The molecule has 3 unspecified atom stereocenters. The predicted molar refractivity (Wildman–Crippen MR) is 68.3 cm³/mol. The summed E-state index contributed by atoms with van der Waals surface area (Å²) in [5.41, 5.74) is -0.714. The average molecular weight is 286 g/mol. The van der Waals surface area contributed by atoms with Crippen molar-refractivity contribution in [3.63, 3.8) is 0 Å². The van der Waals surface area contributed by atoms with Gasteiger partial charge in [-0.2, -0.15) is 13.2 Å². The van der Waals surface area contributed by atoms with E-state index in [1.807, 2.05) is 0 Å². The zero-order valence-corrected chi connectivity index (χ0v) is 11.0. The second kappa shape index (κ2) is 5.24. The molecule has 2 heterocycles. The molecule has 0 radical (unpaired) electrons. The largest absolute Gasteiger partial charge is 0.417 e. The van der Waals surface area contributed by atoms with Crippen LogP contribution >= 0.6 is 0 Å². The number of rotatable bonds is 2. The number of halogens is 3. The van der Waals surface area contributed by atoms with Gasteiger partial charge in [-0.3, -0.25) is 0 Å². The second-order valence-corrected chi connectivity index (χ2v) is 5.47. The van der Waals surface area contributed by atoms with Crippen molar-refractivity contribution >= 4 is 5.82 Å². The molecule has 3 rings (SSSR count). The van der Waals surface area contributed by atoms with Crippen molar-refractivity contribution in [2.45, 2.75) is 44.0 Å². The number of ether oxygens (including phenoxy) is 1. The van der Waals surface area contributed by atoms with Gasteiger partial charge in [0.25, 0.3) is 0 Å². The fourth-order valence-electron chi connectivity index (χ4n) is 3.19. The molecule has 0 aromatic carbocycles. The van der Waals surface area contributed by atoms with Crippen molar-refractivity contribution in [1.82, 2.24) is 4.98 Å². The molecule has 0 spiro atoms. The first-order valence-electron chi connectivity index (χ1n) is 6.95. The number of fused-ring (bicyclic) bond motifs is 1. The van der Waals surface area contributed by atoms with Gasteiger partial charge in [0.1, 0.15) is 5.82 Å². The average Bonchev–Trinajstić information content (AvgIpc) is 2.88. The number of nitrogens with zero attached hydrogens (tertiary/aromatic N) is 1. The minimum absolute atomic E-state index is 0.250. The number of hydrogen-bond acceptors (Lipinski definition) is 3.